The number of carboxylic acids is 1. The average molecular weight is 796 g/mol. The largest absolute Gasteiger partial charge is 0.493 e. The minimum absolute atomic E-state index is 0.0483. The highest BCUT2D eigenvalue weighted by Gasteiger charge is 2.61. The van der Waals surface area contributed by atoms with Gasteiger partial charge in [0.1, 0.15) is 10.6 Å². The number of halogens is 7. The van der Waals surface area contributed by atoms with Crippen molar-refractivity contribution in [2.24, 2.45) is 0 Å². The number of alkyl halides is 6. The number of sulfonamides is 1. The lowest BCUT2D eigenvalue weighted by Gasteiger charge is -2.46. The van der Waals surface area contributed by atoms with Crippen LogP contribution < -0.4 is 13.9 Å². The van der Waals surface area contributed by atoms with Crippen LogP contribution in [0.2, 0.25) is 5.02 Å². The first-order valence-corrected chi connectivity index (χ1v) is 17.6. The first-order valence-electron chi connectivity index (χ1n) is 15.8. The first kappa shape index (κ1) is 39.8. The Morgan fingerprint density at radius 2 is 1.59 bits per heavy atom. The fourth-order valence-corrected chi connectivity index (χ4v) is 8.29. The maximum absolute atomic E-state index is 15.2. The van der Waals surface area contributed by atoms with Crippen LogP contribution >= 0.6 is 11.6 Å². The maximum Gasteiger partial charge on any atom is 0.490 e. The van der Waals surface area contributed by atoms with Crippen LogP contribution in [0.5, 0.6) is 5.75 Å². The molecule has 1 saturated heterocycles. The average Bonchev–Trinajstić information content (AvgIpc) is 3.40. The van der Waals surface area contributed by atoms with Crippen molar-refractivity contribution in [1.82, 2.24) is 9.88 Å². The highest BCUT2D eigenvalue weighted by Crippen LogP contribution is 2.53. The van der Waals surface area contributed by atoms with Gasteiger partial charge in [0.15, 0.2) is 5.54 Å². The fraction of sp³-hybridized carbons (Fsp3) is 0.257. The molecule has 1 N–H and O–H groups in total. The zero-order valence-electron chi connectivity index (χ0n) is 27.9. The molecule has 0 bridgehead atoms. The number of fused-ring (bicyclic) bond motifs is 1. The van der Waals surface area contributed by atoms with E-state index in [4.69, 9.17) is 26.2 Å². The number of piperazine rings is 1. The molecule has 11 nitrogen and oxygen atoms in total. The molecule has 0 spiro atoms. The molecule has 1 fully saturated rings. The molecule has 54 heavy (non-hydrogen) atoms. The summed E-state index contributed by atoms with van der Waals surface area (Å²) in [7, 11) is -4.89. The van der Waals surface area contributed by atoms with E-state index in [1.165, 1.54) is 18.2 Å². The van der Waals surface area contributed by atoms with E-state index in [2.05, 4.69) is 16.0 Å². The SMILES string of the molecule is CCOc1ccccc1C1(N2CCN(c3ccncc3)CC2)C(=O)N(S(=O)(=O)c2ccc(C(F)(F)F)cc2Cl)c2ccc(C#N)cc21.O=C(O)C(F)(F)F. The third-order valence-electron chi connectivity index (χ3n) is 8.61. The number of benzene rings is 3. The summed E-state index contributed by atoms with van der Waals surface area (Å²) in [6.45, 7) is 3.52. The molecule has 0 radical (unpaired) electrons. The van der Waals surface area contributed by atoms with Crippen LogP contribution in [-0.4, -0.2) is 74.2 Å². The summed E-state index contributed by atoms with van der Waals surface area (Å²) in [5, 5.41) is 16.3. The highest BCUT2D eigenvalue weighted by molar-refractivity contribution is 7.93. The number of carboxylic acid groups (broad SMARTS) is 1. The quantitative estimate of drug-likeness (QED) is 0.207. The topological polar surface area (TPSA) is 144 Å². The Kier molecular flexibility index (Phi) is 11.2. The summed E-state index contributed by atoms with van der Waals surface area (Å²) in [4.78, 5) is 31.5. The minimum Gasteiger partial charge on any atom is -0.493 e. The molecule has 1 atom stereocenters. The second-order valence-corrected chi connectivity index (χ2v) is 13.8. The van der Waals surface area contributed by atoms with Gasteiger partial charge in [0.25, 0.3) is 15.9 Å². The molecule has 19 heteroatoms. The molecule has 3 heterocycles. The number of amides is 1. The smallest absolute Gasteiger partial charge is 0.490 e. The van der Waals surface area contributed by atoms with Gasteiger partial charge in [-0.2, -0.15) is 31.6 Å². The number of anilines is 2. The van der Waals surface area contributed by atoms with Gasteiger partial charge in [0, 0.05) is 55.4 Å². The Balaban J connectivity index is 0.000000730. The number of aliphatic carboxylic acids is 1. The van der Waals surface area contributed by atoms with Crippen molar-refractivity contribution in [1.29, 1.82) is 5.26 Å². The van der Waals surface area contributed by atoms with Gasteiger partial charge in [-0.1, -0.05) is 29.8 Å². The first-order chi connectivity index (χ1) is 25.4. The van der Waals surface area contributed by atoms with E-state index in [-0.39, 0.29) is 23.4 Å². The highest BCUT2D eigenvalue weighted by atomic mass is 35.5. The molecule has 1 aromatic heterocycles. The van der Waals surface area contributed by atoms with E-state index in [1.807, 2.05) is 17.0 Å². The minimum atomic E-state index is -5.08. The summed E-state index contributed by atoms with van der Waals surface area (Å²) in [5.74, 6) is -3.32. The van der Waals surface area contributed by atoms with E-state index in [0.29, 0.717) is 53.9 Å². The molecule has 6 rings (SSSR count). The summed E-state index contributed by atoms with van der Waals surface area (Å²) in [5.41, 5.74) is -1.31. The number of carbonyl (C=O) groups excluding carboxylic acids is 1. The molecule has 0 saturated carbocycles. The van der Waals surface area contributed by atoms with Crippen LogP contribution in [0.15, 0.2) is 90.1 Å². The van der Waals surface area contributed by atoms with Gasteiger partial charge in [-0.3, -0.25) is 14.7 Å². The monoisotopic (exact) mass is 795 g/mol. The number of pyridine rings is 1. The number of hydrogen-bond acceptors (Lipinski definition) is 9. The molecule has 1 amide bonds. The van der Waals surface area contributed by atoms with Gasteiger partial charge >= 0.3 is 18.3 Å². The van der Waals surface area contributed by atoms with Crippen molar-refractivity contribution in [3.63, 3.8) is 0 Å². The van der Waals surface area contributed by atoms with Crippen molar-refractivity contribution in [2.75, 3.05) is 42.0 Å². The summed E-state index contributed by atoms with van der Waals surface area (Å²) in [6.07, 6.45) is -6.50. The third-order valence-corrected chi connectivity index (χ3v) is 10.8. The number of nitrogens with zero attached hydrogens (tertiary/aromatic N) is 5. The maximum atomic E-state index is 15.2. The van der Waals surface area contributed by atoms with Gasteiger partial charge in [0.2, 0.25) is 0 Å². The number of ether oxygens (including phenoxy) is 1. The van der Waals surface area contributed by atoms with E-state index in [0.717, 1.165) is 11.8 Å². The summed E-state index contributed by atoms with van der Waals surface area (Å²) in [6, 6.07) is 18.7. The lowest BCUT2D eigenvalue weighted by Crippen LogP contribution is -2.60. The van der Waals surface area contributed by atoms with Crippen molar-refractivity contribution >= 4 is 44.9 Å². The van der Waals surface area contributed by atoms with Gasteiger partial charge < -0.3 is 14.7 Å². The van der Waals surface area contributed by atoms with Gasteiger partial charge in [-0.15, -0.1) is 0 Å². The van der Waals surface area contributed by atoms with Crippen molar-refractivity contribution < 1.29 is 54.2 Å². The Labute approximate surface area is 309 Å². The van der Waals surface area contributed by atoms with E-state index >= 15 is 4.79 Å². The number of nitriles is 1. The fourth-order valence-electron chi connectivity index (χ4n) is 6.31. The molecule has 284 valence electrons. The molecule has 2 aliphatic rings. The summed E-state index contributed by atoms with van der Waals surface area (Å²) >= 11 is 6.20. The Morgan fingerprint density at radius 3 is 2.15 bits per heavy atom. The Bertz CT molecular complexity index is 2210. The van der Waals surface area contributed by atoms with Crippen molar-refractivity contribution in [3.8, 4) is 11.8 Å². The van der Waals surface area contributed by atoms with Crippen LogP contribution in [0.3, 0.4) is 0 Å². The van der Waals surface area contributed by atoms with Crippen LogP contribution in [0.4, 0.5) is 37.7 Å². The summed E-state index contributed by atoms with van der Waals surface area (Å²) < 4.78 is 107. The Hall–Kier alpha value is -5.38. The van der Waals surface area contributed by atoms with Crippen LogP contribution in [0, 0.1) is 11.3 Å². The van der Waals surface area contributed by atoms with E-state index in [9.17, 15) is 40.0 Å². The number of hydrogen-bond donors (Lipinski definition) is 1. The van der Waals surface area contributed by atoms with Crippen molar-refractivity contribution in [3.05, 3.63) is 112 Å². The second-order valence-electron chi connectivity index (χ2n) is 11.7. The van der Waals surface area contributed by atoms with Gasteiger partial charge in [-0.25, -0.2) is 17.5 Å². The van der Waals surface area contributed by atoms with E-state index < -0.39 is 55.3 Å². The molecular formula is C35H28ClF6N5O6S. The standard InChI is InChI=1S/C33H27ClF3N5O4S.C2HF3O2/c1-2-46-29-6-4-3-5-25(29)32(41-17-15-40(16-18-41)24-11-13-39-14-12-24)26-19-22(21-38)7-9-28(26)42(31(32)43)47(44,45)30-10-8-23(20-27(30)34)33(35,36)37;3-2(4,5)1(6)7/h3-14,19-20H,2,15-18H2,1H3;(H,6,7). The molecule has 3 aromatic carbocycles. The third kappa shape index (κ3) is 7.39. The molecule has 0 aliphatic carbocycles. The van der Waals surface area contributed by atoms with E-state index in [1.54, 1.807) is 43.6 Å². The van der Waals surface area contributed by atoms with Crippen LogP contribution in [0.1, 0.15) is 29.2 Å². The zero-order valence-corrected chi connectivity index (χ0v) is 29.5. The second kappa shape index (κ2) is 15.2. The normalized spacial score (nSPS) is 17.6. The zero-order chi connectivity index (χ0) is 39.6. The molecular weight excluding hydrogens is 768 g/mol. The molecule has 2 aliphatic heterocycles. The number of aromatic nitrogens is 1. The van der Waals surface area contributed by atoms with Gasteiger partial charge in [0.05, 0.1) is 34.5 Å². The lowest BCUT2D eigenvalue weighted by atomic mass is 9.80. The number of para-hydroxylation sites is 1. The van der Waals surface area contributed by atoms with Crippen LogP contribution in [0.25, 0.3) is 0 Å². The molecule has 4 aromatic rings. The molecule has 1 unspecified atom stereocenters. The Morgan fingerprint density at radius 1 is 0.963 bits per heavy atom. The number of carbonyl (C=O) groups is 2. The van der Waals surface area contributed by atoms with Gasteiger partial charge in [-0.05, 0) is 61.5 Å². The predicted molar refractivity (Wildman–Crippen MR) is 182 cm³/mol. The predicted octanol–water partition coefficient (Wildman–Crippen LogP) is 6.46. The van der Waals surface area contributed by atoms with Crippen LogP contribution in [-0.2, 0) is 31.3 Å². The lowest BCUT2D eigenvalue weighted by molar-refractivity contribution is -0.192. The number of rotatable bonds is 7. The van der Waals surface area contributed by atoms with Crippen molar-refractivity contribution in [2.45, 2.75) is 29.7 Å².